The monoisotopic (exact) mass is 373 g/mol. The summed E-state index contributed by atoms with van der Waals surface area (Å²) in [6, 6.07) is 13.1. The quantitative estimate of drug-likeness (QED) is 0.658. The van der Waals surface area contributed by atoms with E-state index in [-0.39, 0.29) is 22.6 Å². The van der Waals surface area contributed by atoms with Crippen molar-refractivity contribution in [2.75, 3.05) is 12.4 Å². The first-order valence-electron chi connectivity index (χ1n) is 7.77. The largest absolute Gasteiger partial charge is 0.497 e. The van der Waals surface area contributed by atoms with Gasteiger partial charge in [-0.2, -0.15) is 0 Å². The van der Waals surface area contributed by atoms with Crippen LogP contribution in [-0.4, -0.2) is 28.5 Å². The van der Waals surface area contributed by atoms with Crippen LogP contribution in [0.15, 0.2) is 58.2 Å². The van der Waals surface area contributed by atoms with Gasteiger partial charge in [-0.1, -0.05) is 23.9 Å². The molecule has 134 valence electrons. The summed E-state index contributed by atoms with van der Waals surface area (Å²) in [7, 11) is 1.58. The van der Waals surface area contributed by atoms with Gasteiger partial charge in [0.15, 0.2) is 0 Å². The van der Waals surface area contributed by atoms with Gasteiger partial charge >= 0.3 is 0 Å². The van der Waals surface area contributed by atoms with Crippen molar-refractivity contribution in [2.45, 2.75) is 17.4 Å². The molecule has 0 unspecified atom stereocenters. The Kier molecular flexibility index (Phi) is 5.52. The summed E-state index contributed by atoms with van der Waals surface area (Å²) in [5, 5.41) is 10.2. The van der Waals surface area contributed by atoms with Gasteiger partial charge < -0.3 is 14.5 Å². The van der Waals surface area contributed by atoms with Crippen LogP contribution in [0.1, 0.15) is 6.92 Å². The van der Waals surface area contributed by atoms with Crippen LogP contribution in [0.2, 0.25) is 0 Å². The molecule has 2 aromatic carbocycles. The van der Waals surface area contributed by atoms with E-state index in [9.17, 15) is 9.18 Å². The summed E-state index contributed by atoms with van der Waals surface area (Å²) in [5.74, 6) is 0.120. The summed E-state index contributed by atoms with van der Waals surface area (Å²) in [4.78, 5) is 12.3. The van der Waals surface area contributed by atoms with Gasteiger partial charge in [0.1, 0.15) is 11.6 Å². The highest BCUT2D eigenvalue weighted by Gasteiger charge is 2.19. The zero-order valence-corrected chi connectivity index (χ0v) is 14.9. The maximum Gasteiger partial charge on any atom is 0.277 e. The highest BCUT2D eigenvalue weighted by molar-refractivity contribution is 8.00. The number of carbonyl (C=O) groups excluding carboxylic acids is 1. The number of amides is 1. The molecule has 0 aliphatic heterocycles. The van der Waals surface area contributed by atoms with E-state index in [1.807, 2.05) is 0 Å². The lowest BCUT2D eigenvalue weighted by atomic mass is 10.2. The lowest BCUT2D eigenvalue weighted by Crippen LogP contribution is -2.22. The van der Waals surface area contributed by atoms with Crippen LogP contribution < -0.4 is 10.1 Å². The van der Waals surface area contributed by atoms with E-state index < -0.39 is 11.1 Å². The maximum absolute atomic E-state index is 13.8. The molecule has 1 atom stereocenters. The van der Waals surface area contributed by atoms with Gasteiger partial charge in [0.2, 0.25) is 5.91 Å². The first kappa shape index (κ1) is 17.9. The minimum Gasteiger partial charge on any atom is -0.497 e. The van der Waals surface area contributed by atoms with E-state index >= 15 is 0 Å². The van der Waals surface area contributed by atoms with Crippen LogP contribution in [-0.2, 0) is 4.79 Å². The number of thioether (sulfide) groups is 1. The van der Waals surface area contributed by atoms with E-state index in [1.54, 1.807) is 56.5 Å². The van der Waals surface area contributed by atoms with E-state index in [0.29, 0.717) is 11.4 Å². The van der Waals surface area contributed by atoms with Crippen molar-refractivity contribution >= 4 is 23.4 Å². The van der Waals surface area contributed by atoms with Crippen molar-refractivity contribution in [3.63, 3.8) is 0 Å². The Morgan fingerprint density at radius 3 is 2.62 bits per heavy atom. The standard InChI is InChI=1S/C18H16FN3O3S/c1-11(16(23)20-12-7-9-13(24-2)10-8-12)26-18-22-21-17(25-18)14-5-3-4-6-15(14)19/h3-11H,1-2H3,(H,20,23)/t11-/m0/s1. The van der Waals surface area contributed by atoms with Crippen LogP contribution in [0.5, 0.6) is 5.75 Å². The number of methoxy groups -OCH3 is 1. The number of carbonyl (C=O) groups is 1. The van der Waals surface area contributed by atoms with Gasteiger partial charge in [-0.3, -0.25) is 4.79 Å². The Balaban J connectivity index is 1.63. The molecule has 3 rings (SSSR count). The lowest BCUT2D eigenvalue weighted by molar-refractivity contribution is -0.115. The van der Waals surface area contributed by atoms with Crippen molar-refractivity contribution < 1.29 is 18.3 Å². The zero-order valence-electron chi connectivity index (χ0n) is 14.1. The number of halogens is 1. The van der Waals surface area contributed by atoms with Crippen molar-refractivity contribution in [3.8, 4) is 17.2 Å². The van der Waals surface area contributed by atoms with Gasteiger partial charge in [-0.05, 0) is 43.3 Å². The second kappa shape index (κ2) is 8.01. The highest BCUT2D eigenvalue weighted by atomic mass is 32.2. The molecule has 26 heavy (non-hydrogen) atoms. The Morgan fingerprint density at radius 2 is 1.92 bits per heavy atom. The normalized spacial score (nSPS) is 11.8. The highest BCUT2D eigenvalue weighted by Crippen LogP contribution is 2.28. The summed E-state index contributed by atoms with van der Waals surface area (Å²) in [6.07, 6.45) is 0. The third-order valence-electron chi connectivity index (χ3n) is 3.52. The molecule has 3 aromatic rings. The number of nitrogens with one attached hydrogen (secondary N) is 1. The van der Waals surface area contributed by atoms with Gasteiger partial charge in [0.05, 0.1) is 17.9 Å². The van der Waals surface area contributed by atoms with Crippen LogP contribution in [0.25, 0.3) is 11.5 Å². The number of hydrogen-bond donors (Lipinski definition) is 1. The molecule has 0 aliphatic carbocycles. The fourth-order valence-electron chi connectivity index (χ4n) is 2.12. The van der Waals surface area contributed by atoms with Crippen molar-refractivity contribution in [2.24, 2.45) is 0 Å². The summed E-state index contributed by atoms with van der Waals surface area (Å²) >= 11 is 1.10. The Morgan fingerprint density at radius 1 is 1.19 bits per heavy atom. The Bertz CT molecular complexity index is 899. The first-order chi connectivity index (χ1) is 12.6. The van der Waals surface area contributed by atoms with Gasteiger partial charge in [-0.15, -0.1) is 10.2 Å². The average Bonchev–Trinajstić information content (AvgIpc) is 3.11. The van der Waals surface area contributed by atoms with Gasteiger partial charge in [0, 0.05) is 5.69 Å². The predicted molar refractivity (Wildman–Crippen MR) is 96.6 cm³/mol. The Labute approximate surface area is 153 Å². The first-order valence-corrected chi connectivity index (χ1v) is 8.65. The third-order valence-corrected chi connectivity index (χ3v) is 4.45. The predicted octanol–water partition coefficient (Wildman–Crippen LogP) is 4.00. The third kappa shape index (κ3) is 4.20. The van der Waals surface area contributed by atoms with E-state index in [1.165, 1.54) is 6.07 Å². The summed E-state index contributed by atoms with van der Waals surface area (Å²) in [6.45, 7) is 1.72. The lowest BCUT2D eigenvalue weighted by Gasteiger charge is -2.10. The van der Waals surface area contributed by atoms with Crippen molar-refractivity contribution in [1.29, 1.82) is 0 Å². The average molecular weight is 373 g/mol. The molecular formula is C18H16FN3O3S. The smallest absolute Gasteiger partial charge is 0.277 e. The molecule has 0 saturated heterocycles. The van der Waals surface area contributed by atoms with Crippen LogP contribution in [0, 0.1) is 5.82 Å². The number of nitrogens with zero attached hydrogens (tertiary/aromatic N) is 2. The van der Waals surface area contributed by atoms with Crippen molar-refractivity contribution in [3.05, 3.63) is 54.3 Å². The topological polar surface area (TPSA) is 77.2 Å². The van der Waals surface area contributed by atoms with Crippen molar-refractivity contribution in [1.82, 2.24) is 10.2 Å². The molecule has 1 N–H and O–H groups in total. The summed E-state index contributed by atoms with van der Waals surface area (Å²) in [5.41, 5.74) is 0.878. The molecule has 0 spiro atoms. The molecule has 1 amide bonds. The molecule has 0 aliphatic rings. The SMILES string of the molecule is COc1ccc(NC(=O)[C@H](C)Sc2nnc(-c3ccccc3F)o2)cc1. The molecule has 0 radical (unpaired) electrons. The van der Waals surface area contributed by atoms with E-state index in [0.717, 1.165) is 11.8 Å². The van der Waals surface area contributed by atoms with E-state index in [2.05, 4.69) is 15.5 Å². The summed E-state index contributed by atoms with van der Waals surface area (Å²) < 4.78 is 24.3. The molecule has 0 saturated carbocycles. The molecule has 6 nitrogen and oxygen atoms in total. The number of ether oxygens (including phenoxy) is 1. The second-order valence-electron chi connectivity index (χ2n) is 5.33. The number of benzene rings is 2. The minimum absolute atomic E-state index is 0.0772. The Hall–Kier alpha value is -2.87. The minimum atomic E-state index is -0.481. The molecule has 1 aromatic heterocycles. The molecular weight excluding hydrogens is 357 g/mol. The van der Waals surface area contributed by atoms with E-state index in [4.69, 9.17) is 9.15 Å². The molecule has 0 fully saturated rings. The maximum atomic E-state index is 13.8. The van der Waals surface area contributed by atoms with Crippen LogP contribution in [0.3, 0.4) is 0 Å². The van der Waals surface area contributed by atoms with Gasteiger partial charge in [0.25, 0.3) is 11.1 Å². The number of hydrogen-bond acceptors (Lipinski definition) is 6. The number of anilines is 1. The van der Waals surface area contributed by atoms with Crippen LogP contribution >= 0.6 is 11.8 Å². The number of rotatable bonds is 6. The van der Waals surface area contributed by atoms with Crippen LogP contribution in [0.4, 0.5) is 10.1 Å². The fourth-order valence-corrected chi connectivity index (χ4v) is 2.81. The number of aromatic nitrogens is 2. The molecule has 0 bridgehead atoms. The second-order valence-corrected chi connectivity index (χ2v) is 6.62. The fraction of sp³-hybridized carbons (Fsp3) is 0.167. The molecule has 8 heteroatoms. The van der Waals surface area contributed by atoms with Gasteiger partial charge in [-0.25, -0.2) is 4.39 Å². The zero-order chi connectivity index (χ0) is 18.5. The molecule has 1 heterocycles.